The first-order chi connectivity index (χ1) is 13.2. The molecule has 1 amide bonds. The molecule has 2 N–H and O–H groups in total. The first-order valence-electron chi connectivity index (χ1n) is 9.92. The maximum absolute atomic E-state index is 11.3. The van der Waals surface area contributed by atoms with E-state index in [1.54, 1.807) is 0 Å². The molecule has 148 valence electrons. The van der Waals surface area contributed by atoms with Gasteiger partial charge in [-0.15, -0.1) is 12.3 Å². The largest absolute Gasteiger partial charge is 0.395 e. The van der Waals surface area contributed by atoms with Crippen molar-refractivity contribution in [2.45, 2.75) is 69.9 Å². The molecular weight excluding hydrogens is 338 g/mol. The van der Waals surface area contributed by atoms with Crippen LogP contribution >= 0.6 is 0 Å². The zero-order valence-corrected chi connectivity index (χ0v) is 16.3. The number of allylic oxidation sites excluding steroid dienone is 6. The molecule has 27 heavy (non-hydrogen) atoms. The number of unbranched alkanes of at least 4 members (excludes halogenated alkanes) is 2. The van der Waals surface area contributed by atoms with Gasteiger partial charge >= 0.3 is 0 Å². The first-order valence-corrected chi connectivity index (χ1v) is 9.92. The molecule has 5 heteroatoms. The van der Waals surface area contributed by atoms with Gasteiger partial charge < -0.3 is 10.4 Å². The number of aliphatic hydroxyl groups excluding tert-OH is 1. The second kappa shape index (κ2) is 14.9. The van der Waals surface area contributed by atoms with Crippen LogP contribution in [-0.2, 0) is 4.79 Å². The van der Waals surface area contributed by atoms with Gasteiger partial charge in [-0.05, 0) is 51.4 Å². The summed E-state index contributed by atoms with van der Waals surface area (Å²) in [6.45, 7) is 0.332. The number of nitrogens with one attached hydrogen (secondary N) is 1. The van der Waals surface area contributed by atoms with E-state index in [1.165, 1.54) is 0 Å². The predicted molar refractivity (Wildman–Crippen MR) is 110 cm³/mol. The van der Waals surface area contributed by atoms with Crippen molar-refractivity contribution in [3.8, 4) is 12.3 Å². The Kier molecular flexibility index (Phi) is 12.6. The third-order valence-corrected chi connectivity index (χ3v) is 4.25. The summed E-state index contributed by atoms with van der Waals surface area (Å²) in [4.78, 5) is 11.3. The van der Waals surface area contributed by atoms with E-state index in [2.05, 4.69) is 57.9 Å². The van der Waals surface area contributed by atoms with Gasteiger partial charge in [0.25, 0.3) is 0 Å². The normalized spacial score (nSPS) is 15.0. The first kappa shape index (κ1) is 22.9. The monoisotopic (exact) mass is 371 g/mol. The van der Waals surface area contributed by atoms with E-state index >= 15 is 0 Å². The van der Waals surface area contributed by atoms with Gasteiger partial charge in [0.2, 0.25) is 5.91 Å². The molecule has 0 aromatic rings. The standard InChI is InChI=1S/C22H33N3O2/c1-2-3-14-17-22(24-25-22)18-15-12-10-8-6-4-5-7-9-11-13-16-21(27)23-19-20-26/h1,4,6-7,9-10,12,26H,3,5,8,11,13-20H2,(H,23,27)/b6-4-,9-7-,12-10-. The number of nitrogens with zero attached hydrogens (tertiary/aromatic N) is 2. The Labute approximate surface area is 163 Å². The second-order valence-electron chi connectivity index (χ2n) is 6.63. The minimum absolute atomic E-state index is 0.00616. The van der Waals surface area contributed by atoms with E-state index in [0.29, 0.717) is 13.0 Å². The Morgan fingerprint density at radius 1 is 1.00 bits per heavy atom. The minimum Gasteiger partial charge on any atom is -0.395 e. The quantitative estimate of drug-likeness (QED) is 0.239. The molecule has 0 bridgehead atoms. The molecule has 1 aliphatic rings. The minimum atomic E-state index is -0.124. The summed E-state index contributed by atoms with van der Waals surface area (Å²) >= 11 is 0. The highest BCUT2D eigenvalue weighted by atomic mass is 16.3. The summed E-state index contributed by atoms with van der Waals surface area (Å²) < 4.78 is 0. The van der Waals surface area contributed by atoms with Crippen LogP contribution in [0.25, 0.3) is 0 Å². The fraction of sp³-hybridized carbons (Fsp3) is 0.591. The molecule has 0 spiro atoms. The number of hydrogen-bond acceptors (Lipinski definition) is 4. The lowest BCUT2D eigenvalue weighted by Crippen LogP contribution is -2.25. The van der Waals surface area contributed by atoms with Crippen LogP contribution in [-0.4, -0.2) is 29.8 Å². The SMILES string of the molecule is C#CCCCC1(CC/C=C\C/C=C\C/C=C\CCCC(=O)NCCO)N=N1. The maximum Gasteiger partial charge on any atom is 0.220 e. The van der Waals surface area contributed by atoms with Gasteiger partial charge in [0.15, 0.2) is 5.66 Å². The van der Waals surface area contributed by atoms with Crippen molar-refractivity contribution in [3.63, 3.8) is 0 Å². The molecule has 5 nitrogen and oxygen atoms in total. The van der Waals surface area contributed by atoms with Gasteiger partial charge in [0.1, 0.15) is 0 Å². The van der Waals surface area contributed by atoms with Crippen molar-refractivity contribution in [1.82, 2.24) is 5.32 Å². The van der Waals surface area contributed by atoms with E-state index in [4.69, 9.17) is 11.5 Å². The third-order valence-electron chi connectivity index (χ3n) is 4.25. The van der Waals surface area contributed by atoms with Crippen molar-refractivity contribution in [2.24, 2.45) is 10.2 Å². The van der Waals surface area contributed by atoms with Crippen molar-refractivity contribution in [2.75, 3.05) is 13.2 Å². The van der Waals surface area contributed by atoms with E-state index in [0.717, 1.165) is 57.8 Å². The number of aliphatic hydroxyl groups is 1. The van der Waals surface area contributed by atoms with Crippen LogP contribution in [0.3, 0.4) is 0 Å². The highest BCUT2D eigenvalue weighted by Gasteiger charge is 2.37. The number of rotatable bonds is 16. The topological polar surface area (TPSA) is 74.0 Å². The number of terminal acetylenes is 1. The Morgan fingerprint density at radius 3 is 2.30 bits per heavy atom. The molecule has 0 saturated carbocycles. The van der Waals surface area contributed by atoms with Crippen LogP contribution in [0.2, 0.25) is 0 Å². The number of hydrogen-bond donors (Lipinski definition) is 2. The average Bonchev–Trinajstić information content (AvgIpc) is 3.44. The summed E-state index contributed by atoms with van der Waals surface area (Å²) in [6.07, 6.45) is 27.1. The van der Waals surface area contributed by atoms with E-state index in [1.807, 2.05) is 0 Å². The summed E-state index contributed by atoms with van der Waals surface area (Å²) in [6, 6.07) is 0. The van der Waals surface area contributed by atoms with Gasteiger partial charge in [-0.2, -0.15) is 10.2 Å². The lowest BCUT2D eigenvalue weighted by Gasteiger charge is -2.06. The van der Waals surface area contributed by atoms with E-state index in [-0.39, 0.29) is 18.2 Å². The fourth-order valence-electron chi connectivity index (χ4n) is 2.63. The maximum atomic E-state index is 11.3. The smallest absolute Gasteiger partial charge is 0.220 e. The molecule has 0 aromatic carbocycles. The Balaban J connectivity index is 1.94. The molecular formula is C22H33N3O2. The van der Waals surface area contributed by atoms with Gasteiger partial charge in [-0.1, -0.05) is 36.5 Å². The van der Waals surface area contributed by atoms with Crippen LogP contribution < -0.4 is 5.32 Å². The molecule has 0 aliphatic carbocycles. The molecule has 1 aliphatic heterocycles. The van der Waals surface area contributed by atoms with Crippen molar-refractivity contribution >= 4 is 5.91 Å². The van der Waals surface area contributed by atoms with E-state index in [9.17, 15) is 4.79 Å². The van der Waals surface area contributed by atoms with Crippen LogP contribution in [0.15, 0.2) is 46.7 Å². The lowest BCUT2D eigenvalue weighted by molar-refractivity contribution is -0.121. The molecule has 0 radical (unpaired) electrons. The predicted octanol–water partition coefficient (Wildman–Crippen LogP) is 4.46. The van der Waals surface area contributed by atoms with Crippen LogP contribution in [0.4, 0.5) is 0 Å². The van der Waals surface area contributed by atoms with Crippen molar-refractivity contribution < 1.29 is 9.90 Å². The Hall–Kier alpha value is -2.19. The van der Waals surface area contributed by atoms with Crippen LogP contribution in [0, 0.1) is 12.3 Å². The zero-order valence-electron chi connectivity index (χ0n) is 16.3. The van der Waals surface area contributed by atoms with Gasteiger partial charge in [0.05, 0.1) is 6.61 Å². The fourth-order valence-corrected chi connectivity index (χ4v) is 2.63. The summed E-state index contributed by atoms with van der Waals surface area (Å²) in [7, 11) is 0. The molecule has 0 saturated heterocycles. The number of amides is 1. The molecule has 1 heterocycles. The van der Waals surface area contributed by atoms with Gasteiger partial charge in [-0.25, -0.2) is 0 Å². The number of carbonyl (C=O) groups excluding carboxylic acids is 1. The highest BCUT2D eigenvalue weighted by molar-refractivity contribution is 5.75. The summed E-state index contributed by atoms with van der Waals surface area (Å²) in [5, 5.41) is 19.6. The molecule has 1 rings (SSSR count). The molecule has 0 aromatic heterocycles. The van der Waals surface area contributed by atoms with Gasteiger partial charge in [-0.3, -0.25) is 4.79 Å². The van der Waals surface area contributed by atoms with Crippen molar-refractivity contribution in [1.29, 1.82) is 0 Å². The molecule has 0 fully saturated rings. The lowest BCUT2D eigenvalue weighted by atomic mass is 10.0. The number of carbonyl (C=O) groups is 1. The van der Waals surface area contributed by atoms with Crippen LogP contribution in [0.5, 0.6) is 0 Å². The van der Waals surface area contributed by atoms with Crippen molar-refractivity contribution in [3.05, 3.63) is 36.5 Å². The zero-order chi connectivity index (χ0) is 19.6. The molecule has 0 atom stereocenters. The third kappa shape index (κ3) is 12.7. The highest BCUT2D eigenvalue weighted by Crippen LogP contribution is 2.38. The second-order valence-corrected chi connectivity index (χ2v) is 6.63. The van der Waals surface area contributed by atoms with Crippen LogP contribution in [0.1, 0.15) is 64.2 Å². The molecule has 0 unspecified atom stereocenters. The Bertz CT molecular complexity index is 565. The average molecular weight is 372 g/mol. The van der Waals surface area contributed by atoms with E-state index < -0.39 is 0 Å². The summed E-state index contributed by atoms with van der Waals surface area (Å²) in [5.41, 5.74) is -0.124. The van der Waals surface area contributed by atoms with Gasteiger partial charge in [0, 0.05) is 19.4 Å². The summed E-state index contributed by atoms with van der Waals surface area (Å²) in [5.74, 6) is 2.67. The Morgan fingerprint density at radius 2 is 1.67 bits per heavy atom.